The number of nitrogens with one attached hydrogen (secondary N) is 1. The van der Waals surface area contributed by atoms with Crippen LogP contribution in [0.1, 0.15) is 22.6 Å². The summed E-state index contributed by atoms with van der Waals surface area (Å²) < 4.78 is 3.74. The van der Waals surface area contributed by atoms with Gasteiger partial charge in [-0.05, 0) is 20.8 Å². The fourth-order valence-electron chi connectivity index (χ4n) is 2.64. The molecule has 3 rings (SSSR count). The number of thiazole rings is 1. The molecule has 8 heteroatoms. The summed E-state index contributed by atoms with van der Waals surface area (Å²) in [6, 6.07) is 0. The molecule has 7 nitrogen and oxygen atoms in total. The maximum absolute atomic E-state index is 12.4. The molecule has 0 spiro atoms. The van der Waals surface area contributed by atoms with Gasteiger partial charge in [0.25, 0.3) is 0 Å². The first-order valence-corrected chi connectivity index (χ1v) is 8.42. The molecule has 1 amide bonds. The fourth-order valence-corrected chi connectivity index (χ4v) is 3.66. The zero-order chi connectivity index (χ0) is 17.4. The van der Waals surface area contributed by atoms with E-state index in [0.29, 0.717) is 11.6 Å². The van der Waals surface area contributed by atoms with Gasteiger partial charge in [0.2, 0.25) is 5.91 Å². The highest BCUT2D eigenvalue weighted by Gasteiger charge is 2.17. The second kappa shape index (κ2) is 6.20. The average molecular weight is 344 g/mol. The topological polar surface area (TPSA) is 77.6 Å². The van der Waals surface area contributed by atoms with E-state index >= 15 is 0 Å². The minimum atomic E-state index is -0.0886. The second-order valence-corrected chi connectivity index (χ2v) is 6.79. The lowest BCUT2D eigenvalue weighted by atomic mass is 10.1. The van der Waals surface area contributed by atoms with E-state index in [0.717, 1.165) is 33.3 Å². The normalized spacial score (nSPS) is 11.0. The van der Waals surface area contributed by atoms with Crippen molar-refractivity contribution >= 4 is 22.4 Å². The van der Waals surface area contributed by atoms with Crippen molar-refractivity contribution in [1.29, 1.82) is 0 Å². The first-order chi connectivity index (χ1) is 11.4. The summed E-state index contributed by atoms with van der Waals surface area (Å²) in [4.78, 5) is 22.1. The SMILES string of the molecule is Cc1nc(NC(=O)Cc2c(C)nn(C)c2C)sc1-c1nccn1C. The quantitative estimate of drug-likeness (QED) is 0.788. The Morgan fingerprint density at radius 2 is 2.00 bits per heavy atom. The van der Waals surface area contributed by atoms with Crippen molar-refractivity contribution < 1.29 is 4.79 Å². The Bertz CT molecular complexity index is 904. The number of aromatic nitrogens is 5. The highest BCUT2D eigenvalue weighted by Crippen LogP contribution is 2.31. The smallest absolute Gasteiger partial charge is 0.230 e. The molecular weight excluding hydrogens is 324 g/mol. The molecule has 1 N–H and O–H groups in total. The fraction of sp³-hybridized carbons (Fsp3) is 0.375. The van der Waals surface area contributed by atoms with Gasteiger partial charge in [-0.2, -0.15) is 5.10 Å². The molecule has 0 bridgehead atoms. The van der Waals surface area contributed by atoms with Crippen LogP contribution in [0.5, 0.6) is 0 Å². The summed E-state index contributed by atoms with van der Waals surface area (Å²) in [5.74, 6) is 0.763. The third-order valence-corrected chi connectivity index (χ3v) is 5.13. The van der Waals surface area contributed by atoms with E-state index in [4.69, 9.17) is 0 Å². The third-order valence-electron chi connectivity index (χ3n) is 4.06. The number of hydrogen-bond acceptors (Lipinski definition) is 5. The van der Waals surface area contributed by atoms with Crippen LogP contribution in [-0.2, 0) is 25.3 Å². The van der Waals surface area contributed by atoms with Crippen molar-refractivity contribution in [2.75, 3.05) is 5.32 Å². The van der Waals surface area contributed by atoms with E-state index in [-0.39, 0.29) is 5.91 Å². The van der Waals surface area contributed by atoms with Crippen LogP contribution in [0.4, 0.5) is 5.13 Å². The molecule has 0 aliphatic carbocycles. The monoisotopic (exact) mass is 344 g/mol. The molecular formula is C16H20N6OS. The van der Waals surface area contributed by atoms with Crippen molar-refractivity contribution in [3.63, 3.8) is 0 Å². The van der Waals surface area contributed by atoms with Crippen LogP contribution >= 0.6 is 11.3 Å². The predicted molar refractivity (Wildman–Crippen MR) is 94.1 cm³/mol. The van der Waals surface area contributed by atoms with E-state index in [9.17, 15) is 4.79 Å². The maximum atomic E-state index is 12.4. The molecule has 0 unspecified atom stereocenters. The van der Waals surface area contributed by atoms with Crippen molar-refractivity contribution in [1.82, 2.24) is 24.3 Å². The highest BCUT2D eigenvalue weighted by molar-refractivity contribution is 7.19. The molecule has 0 aromatic carbocycles. The molecule has 0 fully saturated rings. The van der Waals surface area contributed by atoms with Crippen LogP contribution in [0, 0.1) is 20.8 Å². The van der Waals surface area contributed by atoms with E-state index in [2.05, 4.69) is 20.4 Å². The van der Waals surface area contributed by atoms with Crippen molar-refractivity contribution in [2.45, 2.75) is 27.2 Å². The van der Waals surface area contributed by atoms with Gasteiger partial charge < -0.3 is 9.88 Å². The average Bonchev–Trinajstić information content (AvgIpc) is 3.14. The Kier molecular flexibility index (Phi) is 4.23. The van der Waals surface area contributed by atoms with Gasteiger partial charge in [0, 0.05) is 37.7 Å². The van der Waals surface area contributed by atoms with Crippen LogP contribution in [0.3, 0.4) is 0 Å². The molecule has 0 atom stereocenters. The minimum Gasteiger partial charge on any atom is -0.333 e. The molecule has 126 valence electrons. The lowest BCUT2D eigenvalue weighted by molar-refractivity contribution is -0.115. The Labute approximate surface area is 144 Å². The van der Waals surface area contributed by atoms with Gasteiger partial charge in [0.1, 0.15) is 0 Å². The standard InChI is InChI=1S/C16H20N6OS/c1-9-12(11(3)22(5)20-9)8-13(23)19-16-18-10(2)14(24-16)15-17-6-7-21(15)4/h6-7H,8H2,1-5H3,(H,18,19,23). The van der Waals surface area contributed by atoms with Crippen LogP contribution < -0.4 is 5.32 Å². The number of imidazole rings is 1. The maximum Gasteiger partial charge on any atom is 0.230 e. The summed E-state index contributed by atoms with van der Waals surface area (Å²) in [7, 11) is 3.82. The first-order valence-electron chi connectivity index (χ1n) is 7.61. The Morgan fingerprint density at radius 1 is 1.25 bits per heavy atom. The van der Waals surface area contributed by atoms with Crippen molar-refractivity contribution in [3.05, 3.63) is 35.0 Å². The largest absolute Gasteiger partial charge is 0.333 e. The van der Waals surface area contributed by atoms with Crippen LogP contribution in [-0.4, -0.2) is 30.2 Å². The van der Waals surface area contributed by atoms with Crippen molar-refractivity contribution in [2.24, 2.45) is 14.1 Å². The van der Waals surface area contributed by atoms with Gasteiger partial charge >= 0.3 is 0 Å². The van der Waals surface area contributed by atoms with E-state index in [1.54, 1.807) is 10.9 Å². The van der Waals surface area contributed by atoms with Crippen molar-refractivity contribution in [3.8, 4) is 10.7 Å². The Balaban J connectivity index is 1.77. The van der Waals surface area contributed by atoms with Gasteiger partial charge in [0.05, 0.1) is 22.7 Å². The van der Waals surface area contributed by atoms with Gasteiger partial charge in [-0.3, -0.25) is 9.48 Å². The second-order valence-electron chi connectivity index (χ2n) is 5.79. The Morgan fingerprint density at radius 3 is 2.58 bits per heavy atom. The molecule has 0 aliphatic rings. The van der Waals surface area contributed by atoms with Gasteiger partial charge in [0.15, 0.2) is 11.0 Å². The minimum absolute atomic E-state index is 0.0886. The summed E-state index contributed by atoms with van der Waals surface area (Å²) >= 11 is 1.44. The molecule has 3 aromatic rings. The van der Waals surface area contributed by atoms with Gasteiger partial charge in [-0.1, -0.05) is 11.3 Å². The molecule has 3 heterocycles. The molecule has 0 saturated heterocycles. The lowest BCUT2D eigenvalue weighted by Crippen LogP contribution is -2.15. The summed E-state index contributed by atoms with van der Waals surface area (Å²) in [6.45, 7) is 5.81. The number of anilines is 1. The molecule has 24 heavy (non-hydrogen) atoms. The number of aryl methyl sites for hydroxylation is 4. The molecule has 3 aromatic heterocycles. The number of nitrogens with zero attached hydrogens (tertiary/aromatic N) is 5. The number of rotatable bonds is 4. The molecule has 0 aliphatic heterocycles. The number of amides is 1. The van der Waals surface area contributed by atoms with E-state index in [1.165, 1.54) is 11.3 Å². The van der Waals surface area contributed by atoms with Crippen LogP contribution in [0.2, 0.25) is 0 Å². The number of carbonyl (C=O) groups is 1. The summed E-state index contributed by atoms with van der Waals surface area (Å²) in [6.07, 6.45) is 3.93. The zero-order valence-corrected chi connectivity index (χ0v) is 15.2. The predicted octanol–water partition coefficient (Wildman–Crippen LogP) is 2.38. The van der Waals surface area contributed by atoms with Gasteiger partial charge in [-0.15, -0.1) is 0 Å². The number of carbonyl (C=O) groups excluding carboxylic acids is 1. The van der Waals surface area contributed by atoms with Crippen LogP contribution in [0.15, 0.2) is 12.4 Å². The van der Waals surface area contributed by atoms with E-state index in [1.807, 2.05) is 45.6 Å². The van der Waals surface area contributed by atoms with E-state index < -0.39 is 0 Å². The van der Waals surface area contributed by atoms with Gasteiger partial charge in [-0.25, -0.2) is 9.97 Å². The molecule has 0 radical (unpaired) electrons. The molecule has 0 saturated carbocycles. The lowest BCUT2D eigenvalue weighted by Gasteiger charge is -2.02. The Hall–Kier alpha value is -2.48. The number of hydrogen-bond donors (Lipinski definition) is 1. The summed E-state index contributed by atoms with van der Waals surface area (Å²) in [5, 5.41) is 7.83. The third kappa shape index (κ3) is 2.96. The van der Waals surface area contributed by atoms with Crippen LogP contribution in [0.25, 0.3) is 10.7 Å². The summed E-state index contributed by atoms with van der Waals surface area (Å²) in [5.41, 5.74) is 3.71. The zero-order valence-electron chi connectivity index (χ0n) is 14.4. The highest BCUT2D eigenvalue weighted by atomic mass is 32.1. The first kappa shape index (κ1) is 16.4.